The van der Waals surface area contributed by atoms with Crippen molar-refractivity contribution in [2.24, 2.45) is 0 Å². The SMILES string of the molecule is CC(=O)Nc1cccc(C(=O)OCC(=O)Nc2ccccc2C(C)C)c1. The quantitative estimate of drug-likeness (QED) is 0.777. The Labute approximate surface area is 152 Å². The highest BCUT2D eigenvalue weighted by atomic mass is 16.5. The standard InChI is InChI=1S/C20H22N2O4/c1-13(2)17-9-4-5-10-18(17)22-19(24)12-26-20(25)15-7-6-8-16(11-15)21-14(3)23/h4-11,13H,12H2,1-3H3,(H,21,23)(H,22,24). The third-order valence-electron chi connectivity index (χ3n) is 3.61. The van der Waals surface area contributed by atoms with Crippen molar-refractivity contribution in [3.63, 3.8) is 0 Å². The second-order valence-electron chi connectivity index (χ2n) is 6.13. The third-order valence-corrected chi connectivity index (χ3v) is 3.61. The van der Waals surface area contributed by atoms with Crippen LogP contribution in [0.15, 0.2) is 48.5 Å². The van der Waals surface area contributed by atoms with Crippen LogP contribution in [-0.4, -0.2) is 24.4 Å². The Hall–Kier alpha value is -3.15. The van der Waals surface area contributed by atoms with Crippen molar-refractivity contribution in [1.29, 1.82) is 0 Å². The molecule has 2 N–H and O–H groups in total. The zero-order valence-electron chi connectivity index (χ0n) is 15.0. The van der Waals surface area contributed by atoms with Gasteiger partial charge in [0, 0.05) is 18.3 Å². The number of nitrogens with one attached hydrogen (secondary N) is 2. The van der Waals surface area contributed by atoms with E-state index in [2.05, 4.69) is 10.6 Å². The lowest BCUT2D eigenvalue weighted by Crippen LogP contribution is -2.21. The Balaban J connectivity index is 1.95. The fourth-order valence-corrected chi connectivity index (χ4v) is 2.44. The number of esters is 1. The van der Waals surface area contributed by atoms with Gasteiger partial charge in [-0.15, -0.1) is 0 Å². The van der Waals surface area contributed by atoms with Gasteiger partial charge >= 0.3 is 5.97 Å². The second-order valence-corrected chi connectivity index (χ2v) is 6.13. The summed E-state index contributed by atoms with van der Waals surface area (Å²) in [5.41, 5.74) is 2.46. The van der Waals surface area contributed by atoms with Gasteiger partial charge in [-0.1, -0.05) is 38.1 Å². The van der Waals surface area contributed by atoms with E-state index in [0.29, 0.717) is 11.4 Å². The first-order chi connectivity index (χ1) is 12.4. The summed E-state index contributed by atoms with van der Waals surface area (Å²) < 4.78 is 5.06. The van der Waals surface area contributed by atoms with E-state index in [1.807, 2.05) is 38.1 Å². The maximum absolute atomic E-state index is 12.1. The van der Waals surface area contributed by atoms with Crippen molar-refractivity contribution in [1.82, 2.24) is 0 Å². The molecule has 6 heteroatoms. The molecule has 0 saturated carbocycles. The number of carbonyl (C=O) groups excluding carboxylic acids is 3. The van der Waals surface area contributed by atoms with Crippen LogP contribution in [0.1, 0.15) is 42.6 Å². The minimum absolute atomic E-state index is 0.237. The summed E-state index contributed by atoms with van der Waals surface area (Å²) in [5, 5.41) is 5.35. The zero-order valence-corrected chi connectivity index (χ0v) is 15.0. The molecule has 0 heterocycles. The van der Waals surface area contributed by atoms with Gasteiger partial charge in [0.25, 0.3) is 5.91 Å². The smallest absolute Gasteiger partial charge is 0.338 e. The molecule has 0 bridgehead atoms. The summed E-state index contributed by atoms with van der Waals surface area (Å²) in [7, 11) is 0. The van der Waals surface area contributed by atoms with Crippen LogP contribution in [0, 0.1) is 0 Å². The van der Waals surface area contributed by atoms with Crippen LogP contribution in [0.2, 0.25) is 0 Å². The molecule has 2 amide bonds. The molecule has 0 spiro atoms. The summed E-state index contributed by atoms with van der Waals surface area (Å²) in [6, 6.07) is 13.8. The molecule has 136 valence electrons. The second kappa shape index (κ2) is 8.80. The summed E-state index contributed by atoms with van der Waals surface area (Å²) in [6.07, 6.45) is 0. The largest absolute Gasteiger partial charge is 0.452 e. The molecule has 0 fully saturated rings. The fraction of sp³-hybridized carbons (Fsp3) is 0.250. The van der Waals surface area contributed by atoms with Gasteiger partial charge in [-0.3, -0.25) is 9.59 Å². The van der Waals surface area contributed by atoms with Crippen molar-refractivity contribution >= 4 is 29.2 Å². The van der Waals surface area contributed by atoms with E-state index in [1.165, 1.54) is 13.0 Å². The van der Waals surface area contributed by atoms with E-state index < -0.39 is 18.5 Å². The minimum atomic E-state index is -0.635. The Bertz CT molecular complexity index is 815. The van der Waals surface area contributed by atoms with Gasteiger partial charge in [0.05, 0.1) is 5.56 Å². The van der Waals surface area contributed by atoms with Crippen molar-refractivity contribution < 1.29 is 19.1 Å². The van der Waals surface area contributed by atoms with Crippen molar-refractivity contribution in [3.05, 3.63) is 59.7 Å². The summed E-state index contributed by atoms with van der Waals surface area (Å²) in [6.45, 7) is 5.06. The Morgan fingerprint density at radius 3 is 2.42 bits per heavy atom. The van der Waals surface area contributed by atoms with E-state index in [4.69, 9.17) is 4.74 Å². The first-order valence-corrected chi connectivity index (χ1v) is 8.30. The predicted molar refractivity (Wildman–Crippen MR) is 100 cm³/mol. The molecule has 26 heavy (non-hydrogen) atoms. The van der Waals surface area contributed by atoms with E-state index >= 15 is 0 Å². The lowest BCUT2D eigenvalue weighted by molar-refractivity contribution is -0.119. The number of para-hydroxylation sites is 1. The molecule has 6 nitrogen and oxygen atoms in total. The molecule has 2 aromatic rings. The first-order valence-electron chi connectivity index (χ1n) is 8.30. The van der Waals surface area contributed by atoms with Gasteiger partial charge < -0.3 is 15.4 Å². The molecule has 0 radical (unpaired) electrons. The van der Waals surface area contributed by atoms with Gasteiger partial charge in [-0.05, 0) is 35.7 Å². The average Bonchev–Trinajstić information content (AvgIpc) is 2.59. The summed E-state index contributed by atoms with van der Waals surface area (Å²) in [4.78, 5) is 35.3. The monoisotopic (exact) mass is 354 g/mol. The number of hydrogen-bond donors (Lipinski definition) is 2. The van der Waals surface area contributed by atoms with E-state index in [-0.39, 0.29) is 17.4 Å². The molecule has 0 unspecified atom stereocenters. The van der Waals surface area contributed by atoms with Crippen LogP contribution in [0.3, 0.4) is 0 Å². The van der Waals surface area contributed by atoms with Crippen LogP contribution in [0.5, 0.6) is 0 Å². The fourth-order valence-electron chi connectivity index (χ4n) is 2.44. The van der Waals surface area contributed by atoms with Crippen LogP contribution in [0.25, 0.3) is 0 Å². The summed E-state index contributed by atoms with van der Waals surface area (Å²) >= 11 is 0. The molecule has 0 saturated heterocycles. The first kappa shape index (κ1) is 19.2. The number of carbonyl (C=O) groups is 3. The number of anilines is 2. The predicted octanol–water partition coefficient (Wildman–Crippen LogP) is 3.56. The number of ether oxygens (including phenoxy) is 1. The molecule has 0 atom stereocenters. The molecule has 0 aliphatic heterocycles. The van der Waals surface area contributed by atoms with Crippen LogP contribution in [-0.2, 0) is 14.3 Å². The highest BCUT2D eigenvalue weighted by Crippen LogP contribution is 2.23. The molecule has 2 aromatic carbocycles. The van der Waals surface area contributed by atoms with Gasteiger partial charge in [-0.2, -0.15) is 0 Å². The minimum Gasteiger partial charge on any atom is -0.452 e. The topological polar surface area (TPSA) is 84.5 Å². The molecular formula is C20H22N2O4. The maximum atomic E-state index is 12.1. The number of hydrogen-bond acceptors (Lipinski definition) is 4. The van der Waals surface area contributed by atoms with Crippen LogP contribution in [0.4, 0.5) is 11.4 Å². The van der Waals surface area contributed by atoms with E-state index in [9.17, 15) is 14.4 Å². The highest BCUT2D eigenvalue weighted by Gasteiger charge is 2.13. The molecule has 0 aliphatic carbocycles. The normalized spacial score (nSPS) is 10.3. The number of rotatable bonds is 6. The van der Waals surface area contributed by atoms with Crippen molar-refractivity contribution in [3.8, 4) is 0 Å². The molecule has 0 aromatic heterocycles. The van der Waals surface area contributed by atoms with Gasteiger partial charge in [0.1, 0.15) is 0 Å². The van der Waals surface area contributed by atoms with Crippen LogP contribution >= 0.6 is 0 Å². The van der Waals surface area contributed by atoms with E-state index in [0.717, 1.165) is 5.56 Å². The highest BCUT2D eigenvalue weighted by molar-refractivity contribution is 5.97. The molecule has 0 aliphatic rings. The Morgan fingerprint density at radius 1 is 1.00 bits per heavy atom. The summed E-state index contributed by atoms with van der Waals surface area (Å²) in [5.74, 6) is -1.03. The number of benzene rings is 2. The Morgan fingerprint density at radius 2 is 1.73 bits per heavy atom. The third kappa shape index (κ3) is 5.44. The lowest BCUT2D eigenvalue weighted by Gasteiger charge is -2.13. The van der Waals surface area contributed by atoms with Crippen molar-refractivity contribution in [2.75, 3.05) is 17.2 Å². The average molecular weight is 354 g/mol. The van der Waals surface area contributed by atoms with Gasteiger partial charge in [0.15, 0.2) is 6.61 Å². The lowest BCUT2D eigenvalue weighted by atomic mass is 10.0. The van der Waals surface area contributed by atoms with Crippen molar-refractivity contribution in [2.45, 2.75) is 26.7 Å². The molecule has 2 rings (SSSR count). The molecular weight excluding hydrogens is 332 g/mol. The van der Waals surface area contributed by atoms with Gasteiger partial charge in [-0.25, -0.2) is 4.79 Å². The van der Waals surface area contributed by atoms with Crippen LogP contribution < -0.4 is 10.6 Å². The Kier molecular flexibility index (Phi) is 6.49. The van der Waals surface area contributed by atoms with Gasteiger partial charge in [0.2, 0.25) is 5.91 Å². The zero-order chi connectivity index (χ0) is 19.1. The number of amides is 2. The van der Waals surface area contributed by atoms with E-state index in [1.54, 1.807) is 18.2 Å². The maximum Gasteiger partial charge on any atom is 0.338 e.